The number of aromatic nitrogens is 2. The number of imidazole rings is 1. The van der Waals surface area contributed by atoms with Crippen molar-refractivity contribution in [3.63, 3.8) is 0 Å². The predicted octanol–water partition coefficient (Wildman–Crippen LogP) is 4.48. The Labute approximate surface area is 155 Å². The number of rotatable bonds is 7. The van der Waals surface area contributed by atoms with Crippen molar-refractivity contribution in [2.45, 2.75) is 26.8 Å². The molecule has 0 aliphatic carbocycles. The van der Waals surface area contributed by atoms with Gasteiger partial charge in [0.05, 0.1) is 17.7 Å². The summed E-state index contributed by atoms with van der Waals surface area (Å²) in [5.41, 5.74) is 4.20. The molecule has 134 valence electrons. The summed E-state index contributed by atoms with van der Waals surface area (Å²) in [6.07, 6.45) is 2.33. The summed E-state index contributed by atoms with van der Waals surface area (Å²) < 4.78 is 2.10. The maximum atomic E-state index is 12.4. The van der Waals surface area contributed by atoms with Gasteiger partial charge in [0.15, 0.2) is 0 Å². The standard InChI is InChI=1S/C22H25N3O/c1-3-24(4-2)20(26)15-16-25-17-23-21(18-11-7-5-8-12-18)22(25)19-13-9-6-10-14-19/h5-14,17H,3-4,15-16H2,1-2H3. The fraction of sp³-hybridized carbons (Fsp3) is 0.273. The lowest BCUT2D eigenvalue weighted by Gasteiger charge is -2.19. The SMILES string of the molecule is CCN(CC)C(=O)CCn1cnc(-c2ccccc2)c1-c1ccccc1. The largest absolute Gasteiger partial charge is 0.343 e. The molecule has 0 N–H and O–H groups in total. The molecule has 2 aromatic carbocycles. The lowest BCUT2D eigenvalue weighted by Crippen LogP contribution is -2.31. The van der Waals surface area contributed by atoms with Crippen LogP contribution in [0.1, 0.15) is 20.3 Å². The number of carbonyl (C=O) groups excluding carboxylic acids is 1. The number of aryl methyl sites for hydroxylation is 1. The molecule has 0 saturated carbocycles. The molecule has 3 aromatic rings. The lowest BCUT2D eigenvalue weighted by atomic mass is 10.0. The Morgan fingerprint density at radius 1 is 0.923 bits per heavy atom. The van der Waals surface area contributed by atoms with Crippen molar-refractivity contribution >= 4 is 5.91 Å². The molecule has 0 spiro atoms. The molecule has 4 nitrogen and oxygen atoms in total. The van der Waals surface area contributed by atoms with Crippen LogP contribution < -0.4 is 0 Å². The monoisotopic (exact) mass is 347 g/mol. The number of hydrogen-bond donors (Lipinski definition) is 0. The van der Waals surface area contributed by atoms with E-state index < -0.39 is 0 Å². The first-order chi connectivity index (χ1) is 12.7. The Kier molecular flexibility index (Phi) is 5.84. The molecule has 0 atom stereocenters. The van der Waals surface area contributed by atoms with Gasteiger partial charge in [-0.05, 0) is 13.8 Å². The van der Waals surface area contributed by atoms with Crippen LogP contribution in [0.5, 0.6) is 0 Å². The summed E-state index contributed by atoms with van der Waals surface area (Å²) in [6.45, 7) is 6.16. The molecule has 4 heteroatoms. The summed E-state index contributed by atoms with van der Waals surface area (Å²) >= 11 is 0. The van der Waals surface area contributed by atoms with Crippen LogP contribution in [0.2, 0.25) is 0 Å². The molecule has 1 heterocycles. The molecule has 0 radical (unpaired) electrons. The fourth-order valence-corrected chi connectivity index (χ4v) is 3.21. The average molecular weight is 347 g/mol. The molecule has 1 amide bonds. The average Bonchev–Trinajstić information content (AvgIpc) is 3.12. The molecule has 0 aliphatic rings. The second kappa shape index (κ2) is 8.48. The first kappa shape index (κ1) is 17.9. The van der Waals surface area contributed by atoms with E-state index in [1.807, 2.05) is 61.5 Å². The van der Waals surface area contributed by atoms with Crippen molar-refractivity contribution in [2.75, 3.05) is 13.1 Å². The second-order valence-corrected chi connectivity index (χ2v) is 6.18. The Balaban J connectivity index is 1.93. The number of amides is 1. The van der Waals surface area contributed by atoms with Gasteiger partial charge in [-0.25, -0.2) is 4.98 Å². The zero-order chi connectivity index (χ0) is 18.4. The van der Waals surface area contributed by atoms with Crippen molar-refractivity contribution in [2.24, 2.45) is 0 Å². The summed E-state index contributed by atoms with van der Waals surface area (Å²) in [4.78, 5) is 18.9. The van der Waals surface area contributed by atoms with Crippen LogP contribution in [0.3, 0.4) is 0 Å². The molecule has 3 rings (SSSR count). The van der Waals surface area contributed by atoms with Crippen molar-refractivity contribution in [3.05, 3.63) is 67.0 Å². The van der Waals surface area contributed by atoms with Gasteiger partial charge in [0.25, 0.3) is 0 Å². The van der Waals surface area contributed by atoms with Gasteiger partial charge in [0.2, 0.25) is 5.91 Å². The summed E-state index contributed by atoms with van der Waals surface area (Å²) in [5, 5.41) is 0. The minimum absolute atomic E-state index is 0.184. The number of benzene rings is 2. The first-order valence-corrected chi connectivity index (χ1v) is 9.18. The third kappa shape index (κ3) is 3.85. The minimum Gasteiger partial charge on any atom is -0.343 e. The zero-order valence-electron chi connectivity index (χ0n) is 15.4. The van der Waals surface area contributed by atoms with Crippen molar-refractivity contribution in [1.82, 2.24) is 14.5 Å². The van der Waals surface area contributed by atoms with E-state index in [-0.39, 0.29) is 5.91 Å². The van der Waals surface area contributed by atoms with Gasteiger partial charge in [-0.15, -0.1) is 0 Å². The topological polar surface area (TPSA) is 38.1 Å². The van der Waals surface area contributed by atoms with E-state index in [1.165, 1.54) is 0 Å². The Morgan fingerprint density at radius 3 is 2.08 bits per heavy atom. The molecule has 0 unspecified atom stereocenters. The van der Waals surface area contributed by atoms with Gasteiger partial charge in [-0.2, -0.15) is 0 Å². The van der Waals surface area contributed by atoms with E-state index in [1.54, 1.807) is 0 Å². The zero-order valence-corrected chi connectivity index (χ0v) is 15.4. The highest BCUT2D eigenvalue weighted by Crippen LogP contribution is 2.31. The third-order valence-electron chi connectivity index (χ3n) is 4.61. The van der Waals surface area contributed by atoms with Crippen LogP contribution in [0, 0.1) is 0 Å². The highest BCUT2D eigenvalue weighted by atomic mass is 16.2. The van der Waals surface area contributed by atoms with E-state index in [4.69, 9.17) is 0 Å². The first-order valence-electron chi connectivity index (χ1n) is 9.18. The summed E-state index contributed by atoms with van der Waals surface area (Å²) in [6, 6.07) is 20.4. The van der Waals surface area contributed by atoms with Gasteiger partial charge in [-0.3, -0.25) is 4.79 Å². The highest BCUT2D eigenvalue weighted by molar-refractivity contribution is 5.79. The van der Waals surface area contributed by atoms with Crippen LogP contribution in [0.25, 0.3) is 22.5 Å². The quantitative estimate of drug-likeness (QED) is 0.632. The van der Waals surface area contributed by atoms with E-state index in [0.29, 0.717) is 13.0 Å². The van der Waals surface area contributed by atoms with Gasteiger partial charge in [0, 0.05) is 37.2 Å². The van der Waals surface area contributed by atoms with Gasteiger partial charge in [-0.1, -0.05) is 60.7 Å². The van der Waals surface area contributed by atoms with Crippen LogP contribution >= 0.6 is 0 Å². The number of hydrogen-bond acceptors (Lipinski definition) is 2. The number of nitrogens with zero attached hydrogens (tertiary/aromatic N) is 3. The fourth-order valence-electron chi connectivity index (χ4n) is 3.21. The lowest BCUT2D eigenvalue weighted by molar-refractivity contribution is -0.131. The van der Waals surface area contributed by atoms with Crippen molar-refractivity contribution in [1.29, 1.82) is 0 Å². The van der Waals surface area contributed by atoms with E-state index in [2.05, 4.69) is 33.8 Å². The molecule has 0 bridgehead atoms. The molecule has 1 aromatic heterocycles. The van der Waals surface area contributed by atoms with Crippen LogP contribution in [-0.4, -0.2) is 33.4 Å². The Morgan fingerprint density at radius 2 is 1.50 bits per heavy atom. The van der Waals surface area contributed by atoms with Crippen LogP contribution in [0.4, 0.5) is 0 Å². The van der Waals surface area contributed by atoms with E-state index >= 15 is 0 Å². The van der Waals surface area contributed by atoms with Gasteiger partial charge < -0.3 is 9.47 Å². The second-order valence-electron chi connectivity index (χ2n) is 6.18. The molecular formula is C22H25N3O. The summed E-state index contributed by atoms with van der Waals surface area (Å²) in [5.74, 6) is 0.184. The predicted molar refractivity (Wildman–Crippen MR) is 106 cm³/mol. The van der Waals surface area contributed by atoms with Crippen molar-refractivity contribution < 1.29 is 4.79 Å². The maximum absolute atomic E-state index is 12.4. The van der Waals surface area contributed by atoms with Crippen LogP contribution in [-0.2, 0) is 11.3 Å². The van der Waals surface area contributed by atoms with Crippen molar-refractivity contribution in [3.8, 4) is 22.5 Å². The smallest absolute Gasteiger partial charge is 0.224 e. The highest BCUT2D eigenvalue weighted by Gasteiger charge is 2.16. The third-order valence-corrected chi connectivity index (χ3v) is 4.61. The molecule has 0 saturated heterocycles. The van der Waals surface area contributed by atoms with E-state index in [9.17, 15) is 4.79 Å². The molecule has 26 heavy (non-hydrogen) atoms. The Hall–Kier alpha value is -2.88. The molecular weight excluding hydrogens is 322 g/mol. The van der Waals surface area contributed by atoms with E-state index in [0.717, 1.165) is 35.6 Å². The summed E-state index contributed by atoms with van der Waals surface area (Å²) in [7, 11) is 0. The molecule has 0 fully saturated rings. The normalized spacial score (nSPS) is 10.7. The van der Waals surface area contributed by atoms with Crippen LogP contribution in [0.15, 0.2) is 67.0 Å². The minimum atomic E-state index is 0.184. The van der Waals surface area contributed by atoms with Gasteiger partial charge >= 0.3 is 0 Å². The number of carbonyl (C=O) groups is 1. The Bertz CT molecular complexity index is 836. The maximum Gasteiger partial charge on any atom is 0.224 e. The molecule has 0 aliphatic heterocycles. The van der Waals surface area contributed by atoms with Gasteiger partial charge in [0.1, 0.15) is 0 Å².